The molecule has 3 rings (SSSR count). The molecule has 0 aliphatic heterocycles. The molecule has 0 amide bonds. The van der Waals surface area contributed by atoms with Gasteiger partial charge in [0, 0.05) is 6.20 Å². The molecule has 0 saturated heterocycles. The maximum absolute atomic E-state index is 11.5. The summed E-state index contributed by atoms with van der Waals surface area (Å²) in [5.74, 6) is 0.493. The quantitative estimate of drug-likeness (QED) is 0.534. The molecule has 0 aliphatic carbocycles. The molecule has 8 nitrogen and oxygen atoms in total. The molecule has 24 heavy (non-hydrogen) atoms. The lowest BCUT2D eigenvalue weighted by atomic mass is 10.3. The van der Waals surface area contributed by atoms with Crippen LogP contribution >= 0.6 is 11.6 Å². The Morgan fingerprint density at radius 3 is 2.33 bits per heavy atom. The van der Waals surface area contributed by atoms with Gasteiger partial charge in [0.25, 0.3) is 0 Å². The molecule has 2 aromatic heterocycles. The Hall–Kier alpha value is -3.26. The van der Waals surface area contributed by atoms with Crippen LogP contribution < -0.4 is 10.6 Å². The van der Waals surface area contributed by atoms with Crippen LogP contribution in [0.5, 0.6) is 0 Å². The second kappa shape index (κ2) is 6.88. The third-order valence-corrected chi connectivity index (χ3v) is 3.37. The average Bonchev–Trinajstić information content (AvgIpc) is 2.58. The van der Waals surface area contributed by atoms with E-state index in [9.17, 15) is 10.1 Å². The van der Waals surface area contributed by atoms with Crippen molar-refractivity contribution in [1.29, 1.82) is 0 Å². The van der Waals surface area contributed by atoms with Gasteiger partial charge in [0.2, 0.25) is 11.6 Å². The summed E-state index contributed by atoms with van der Waals surface area (Å²) >= 11 is 6.07. The Bertz CT molecular complexity index is 875. The Morgan fingerprint density at radius 1 is 0.958 bits per heavy atom. The molecule has 0 radical (unpaired) electrons. The number of anilines is 4. The Labute approximate surface area is 141 Å². The lowest BCUT2D eigenvalue weighted by molar-refractivity contribution is -0.383. The molecule has 0 aliphatic rings. The van der Waals surface area contributed by atoms with E-state index in [4.69, 9.17) is 11.6 Å². The van der Waals surface area contributed by atoms with Gasteiger partial charge in [-0.2, -0.15) is 0 Å². The maximum Gasteiger partial charge on any atom is 0.353 e. The summed E-state index contributed by atoms with van der Waals surface area (Å²) in [4.78, 5) is 22.9. The molecule has 120 valence electrons. The second-order valence-corrected chi connectivity index (χ2v) is 5.03. The molecule has 1 aromatic carbocycles. The van der Waals surface area contributed by atoms with E-state index >= 15 is 0 Å². The molecule has 0 atom stereocenters. The molecule has 0 bridgehead atoms. The fraction of sp³-hybridized carbons (Fsp3) is 0. The lowest BCUT2D eigenvalue weighted by Gasteiger charge is -2.10. The predicted octanol–water partition coefficient (Wildman–Crippen LogP) is 3.92. The number of halogens is 1. The number of benzene rings is 1. The summed E-state index contributed by atoms with van der Waals surface area (Å²) in [5.41, 5.74) is 0.202. The first-order valence-corrected chi connectivity index (χ1v) is 7.22. The van der Waals surface area contributed by atoms with E-state index in [1.54, 1.807) is 48.7 Å². The fourth-order valence-corrected chi connectivity index (χ4v) is 2.17. The van der Waals surface area contributed by atoms with Crippen LogP contribution in [0.4, 0.5) is 28.8 Å². The van der Waals surface area contributed by atoms with Gasteiger partial charge in [-0.25, -0.2) is 15.0 Å². The monoisotopic (exact) mass is 342 g/mol. The topological polar surface area (TPSA) is 106 Å². The van der Waals surface area contributed by atoms with E-state index in [0.717, 1.165) is 0 Å². The Kier molecular flexibility index (Phi) is 4.48. The number of pyridine rings is 1. The molecular formula is C15H11ClN6O2. The van der Waals surface area contributed by atoms with Gasteiger partial charge in [-0.05, 0) is 24.3 Å². The van der Waals surface area contributed by atoms with Crippen molar-refractivity contribution in [2.45, 2.75) is 0 Å². The van der Waals surface area contributed by atoms with Crippen LogP contribution in [0.1, 0.15) is 0 Å². The fourth-order valence-electron chi connectivity index (χ4n) is 1.98. The SMILES string of the molecule is O=[N+]([O-])c1c(Nc2ccccn2)ncnc1Nc1ccccc1Cl. The molecule has 2 N–H and O–H groups in total. The molecule has 0 unspecified atom stereocenters. The highest BCUT2D eigenvalue weighted by Gasteiger charge is 2.24. The number of hydrogen-bond donors (Lipinski definition) is 2. The van der Waals surface area contributed by atoms with Crippen molar-refractivity contribution in [3.8, 4) is 0 Å². The molecule has 2 heterocycles. The highest BCUT2D eigenvalue weighted by atomic mass is 35.5. The van der Waals surface area contributed by atoms with Gasteiger partial charge in [-0.15, -0.1) is 0 Å². The van der Waals surface area contributed by atoms with Crippen LogP contribution in [0.15, 0.2) is 55.0 Å². The summed E-state index contributed by atoms with van der Waals surface area (Å²) in [7, 11) is 0. The predicted molar refractivity (Wildman–Crippen MR) is 90.9 cm³/mol. The lowest BCUT2D eigenvalue weighted by Crippen LogP contribution is -2.06. The average molecular weight is 343 g/mol. The minimum Gasteiger partial charge on any atom is -0.333 e. The number of nitro groups is 1. The summed E-state index contributed by atoms with van der Waals surface area (Å²) in [6.07, 6.45) is 2.79. The van der Waals surface area contributed by atoms with Gasteiger partial charge in [0.15, 0.2) is 0 Å². The van der Waals surface area contributed by atoms with E-state index < -0.39 is 4.92 Å². The summed E-state index contributed by atoms with van der Waals surface area (Å²) in [6, 6.07) is 12.1. The van der Waals surface area contributed by atoms with Crippen LogP contribution in [0.25, 0.3) is 0 Å². The minimum absolute atomic E-state index is 0.0292. The van der Waals surface area contributed by atoms with E-state index in [1.807, 2.05) is 0 Å². The molecule has 0 fully saturated rings. The zero-order valence-corrected chi connectivity index (χ0v) is 12.9. The molecule has 0 spiro atoms. The molecular weight excluding hydrogens is 332 g/mol. The van der Waals surface area contributed by atoms with Crippen LogP contribution in [0.2, 0.25) is 5.02 Å². The number of nitrogens with one attached hydrogen (secondary N) is 2. The number of para-hydroxylation sites is 1. The summed E-state index contributed by atoms with van der Waals surface area (Å²) < 4.78 is 0. The van der Waals surface area contributed by atoms with Gasteiger partial charge in [-0.1, -0.05) is 29.8 Å². The van der Waals surface area contributed by atoms with E-state index in [2.05, 4.69) is 25.6 Å². The number of rotatable bonds is 5. The van der Waals surface area contributed by atoms with Crippen molar-refractivity contribution in [3.63, 3.8) is 0 Å². The largest absolute Gasteiger partial charge is 0.353 e. The standard InChI is InChI=1S/C15H11ClN6O2/c16-10-5-1-2-6-11(10)20-14-13(22(23)24)15(19-9-18-14)21-12-7-3-4-8-17-12/h1-9H,(H2,17,18,19,20,21). The molecule has 0 saturated carbocycles. The smallest absolute Gasteiger partial charge is 0.333 e. The zero-order valence-electron chi connectivity index (χ0n) is 12.2. The van der Waals surface area contributed by atoms with Crippen LogP contribution in [0.3, 0.4) is 0 Å². The van der Waals surface area contributed by atoms with Gasteiger partial charge in [0.1, 0.15) is 12.1 Å². The third-order valence-electron chi connectivity index (χ3n) is 3.04. The van der Waals surface area contributed by atoms with Crippen molar-refractivity contribution in [3.05, 3.63) is 70.1 Å². The first-order valence-electron chi connectivity index (χ1n) is 6.84. The van der Waals surface area contributed by atoms with Crippen LogP contribution in [-0.4, -0.2) is 19.9 Å². The number of hydrogen-bond acceptors (Lipinski definition) is 7. The Morgan fingerprint density at radius 2 is 1.67 bits per heavy atom. The van der Waals surface area contributed by atoms with Gasteiger partial charge < -0.3 is 10.6 Å². The van der Waals surface area contributed by atoms with Crippen LogP contribution in [0, 0.1) is 10.1 Å². The van der Waals surface area contributed by atoms with Gasteiger partial charge in [0.05, 0.1) is 15.6 Å². The molecule has 3 aromatic rings. The van der Waals surface area contributed by atoms with E-state index in [0.29, 0.717) is 16.5 Å². The van der Waals surface area contributed by atoms with Gasteiger partial charge in [-0.3, -0.25) is 10.1 Å². The first-order chi connectivity index (χ1) is 11.6. The van der Waals surface area contributed by atoms with Crippen molar-refractivity contribution in [2.75, 3.05) is 10.6 Å². The normalized spacial score (nSPS) is 10.2. The zero-order chi connectivity index (χ0) is 16.9. The summed E-state index contributed by atoms with van der Waals surface area (Å²) in [6.45, 7) is 0. The highest BCUT2D eigenvalue weighted by Crippen LogP contribution is 2.34. The van der Waals surface area contributed by atoms with Crippen molar-refractivity contribution in [2.24, 2.45) is 0 Å². The first kappa shape index (κ1) is 15.6. The van der Waals surface area contributed by atoms with Crippen molar-refractivity contribution in [1.82, 2.24) is 15.0 Å². The summed E-state index contributed by atoms with van der Waals surface area (Å²) in [5, 5.41) is 17.6. The minimum atomic E-state index is -0.565. The van der Waals surface area contributed by atoms with E-state index in [-0.39, 0.29) is 17.3 Å². The van der Waals surface area contributed by atoms with E-state index in [1.165, 1.54) is 6.33 Å². The Balaban J connectivity index is 1.99. The number of aromatic nitrogens is 3. The maximum atomic E-state index is 11.5. The highest BCUT2D eigenvalue weighted by molar-refractivity contribution is 6.33. The van der Waals surface area contributed by atoms with Gasteiger partial charge >= 0.3 is 5.69 Å². The molecule has 9 heteroatoms. The second-order valence-electron chi connectivity index (χ2n) is 4.62. The van der Waals surface area contributed by atoms with Crippen LogP contribution in [-0.2, 0) is 0 Å². The van der Waals surface area contributed by atoms with Crippen molar-refractivity contribution >= 4 is 40.4 Å². The third kappa shape index (κ3) is 3.39. The number of nitrogens with zero attached hydrogens (tertiary/aromatic N) is 4. The van der Waals surface area contributed by atoms with Crippen molar-refractivity contribution < 1.29 is 4.92 Å².